The number of aryl methyl sites for hydroxylation is 2. The van der Waals surface area contributed by atoms with Crippen molar-refractivity contribution in [2.75, 3.05) is 10.6 Å². The molecular formula is C22H25F3N6O. The fourth-order valence-electron chi connectivity index (χ4n) is 3.32. The Labute approximate surface area is 184 Å². The lowest BCUT2D eigenvalue weighted by molar-refractivity contribution is -0.137. The number of Topliss-reactive ketones (excluding diaryl/α,β-unsaturated/α-hetero) is 1. The van der Waals surface area contributed by atoms with E-state index in [4.69, 9.17) is 0 Å². The van der Waals surface area contributed by atoms with Gasteiger partial charge in [-0.15, -0.1) is 0 Å². The lowest BCUT2D eigenvalue weighted by Crippen LogP contribution is -2.33. The van der Waals surface area contributed by atoms with E-state index in [2.05, 4.69) is 25.7 Å². The zero-order chi connectivity index (χ0) is 23.6. The molecule has 0 saturated carbocycles. The summed E-state index contributed by atoms with van der Waals surface area (Å²) in [5.41, 5.74) is 0.998. The highest BCUT2D eigenvalue weighted by Crippen LogP contribution is 2.31. The highest BCUT2D eigenvalue weighted by Gasteiger charge is 2.30. The van der Waals surface area contributed by atoms with Crippen molar-refractivity contribution in [3.8, 4) is 5.95 Å². The van der Waals surface area contributed by atoms with Gasteiger partial charge < -0.3 is 10.6 Å². The normalized spacial score (nSPS) is 12.7. The molecule has 2 N–H and O–H groups in total. The molecule has 0 fully saturated rings. The van der Waals surface area contributed by atoms with Gasteiger partial charge in [0.1, 0.15) is 11.6 Å². The molecule has 0 radical (unpaired) electrons. The topological polar surface area (TPSA) is 84.7 Å². The second-order valence-electron chi connectivity index (χ2n) is 7.96. The largest absolute Gasteiger partial charge is 0.416 e. The van der Waals surface area contributed by atoms with Crippen LogP contribution < -0.4 is 10.6 Å². The molecular weight excluding hydrogens is 421 g/mol. The Hall–Kier alpha value is -3.43. The van der Waals surface area contributed by atoms with Crippen LogP contribution >= 0.6 is 0 Å². The second-order valence-corrected chi connectivity index (χ2v) is 7.96. The minimum Gasteiger partial charge on any atom is -0.360 e. The molecule has 7 nitrogen and oxygen atoms in total. The molecule has 170 valence electrons. The zero-order valence-electron chi connectivity index (χ0n) is 18.4. The van der Waals surface area contributed by atoms with Crippen molar-refractivity contribution in [1.82, 2.24) is 19.7 Å². The van der Waals surface area contributed by atoms with Gasteiger partial charge in [-0.1, -0.05) is 19.9 Å². The standard InChI is InChI=1S/C22H25F3N6O/c1-12(2)20(15(5)32)27-19-11-18(26-17-8-6-7-16(10-17)22(23,24)25)28-21(29-19)31-14(4)9-13(3)30-31/h6-12,20H,1-5H3,(H2,26,27,28,29)/t20-/m1/s1. The first-order valence-corrected chi connectivity index (χ1v) is 10.1. The minimum atomic E-state index is -4.46. The van der Waals surface area contributed by atoms with Gasteiger partial charge in [0.05, 0.1) is 17.3 Å². The molecule has 1 atom stereocenters. The number of alkyl halides is 3. The fraction of sp³-hybridized carbons (Fsp3) is 0.364. The van der Waals surface area contributed by atoms with E-state index < -0.39 is 17.8 Å². The summed E-state index contributed by atoms with van der Waals surface area (Å²) in [5, 5.41) is 10.4. The predicted octanol–water partition coefficient (Wildman–Crippen LogP) is 5.07. The van der Waals surface area contributed by atoms with E-state index in [9.17, 15) is 18.0 Å². The second kappa shape index (κ2) is 8.97. The SMILES string of the molecule is CC(=O)[C@H](Nc1cc(Nc2cccc(C(F)(F)F)c2)nc(-n2nc(C)cc2C)n1)C(C)C. The molecule has 0 spiro atoms. The quantitative estimate of drug-likeness (QED) is 0.527. The molecule has 0 amide bonds. The molecule has 0 unspecified atom stereocenters. The van der Waals surface area contributed by atoms with E-state index in [1.807, 2.05) is 33.8 Å². The van der Waals surface area contributed by atoms with Crippen molar-refractivity contribution in [3.63, 3.8) is 0 Å². The van der Waals surface area contributed by atoms with Gasteiger partial charge in [-0.25, -0.2) is 4.68 Å². The van der Waals surface area contributed by atoms with Gasteiger partial charge in [0, 0.05) is 17.4 Å². The summed E-state index contributed by atoms with van der Waals surface area (Å²) >= 11 is 0. The van der Waals surface area contributed by atoms with Crippen LogP contribution in [0.2, 0.25) is 0 Å². The number of hydrogen-bond acceptors (Lipinski definition) is 6. The average Bonchev–Trinajstić information content (AvgIpc) is 3.03. The number of carbonyl (C=O) groups excluding carboxylic acids is 1. The van der Waals surface area contributed by atoms with Gasteiger partial charge >= 0.3 is 6.18 Å². The summed E-state index contributed by atoms with van der Waals surface area (Å²) in [6.45, 7) is 8.98. The number of nitrogens with one attached hydrogen (secondary N) is 2. The number of rotatable bonds is 7. The Morgan fingerprint density at radius 3 is 2.31 bits per heavy atom. The summed E-state index contributed by atoms with van der Waals surface area (Å²) in [7, 11) is 0. The van der Waals surface area contributed by atoms with Gasteiger partial charge in [-0.3, -0.25) is 4.79 Å². The summed E-state index contributed by atoms with van der Waals surface area (Å²) in [6, 6.07) is 7.76. The van der Waals surface area contributed by atoms with Crippen molar-refractivity contribution in [1.29, 1.82) is 0 Å². The van der Waals surface area contributed by atoms with Crippen LogP contribution in [0.4, 0.5) is 30.5 Å². The Kier molecular flexibility index (Phi) is 6.52. The summed E-state index contributed by atoms with van der Waals surface area (Å²) in [6.07, 6.45) is -4.46. The van der Waals surface area contributed by atoms with Gasteiger partial charge in [-0.05, 0) is 51.0 Å². The Balaban J connectivity index is 2.04. The predicted molar refractivity (Wildman–Crippen MR) is 116 cm³/mol. The molecule has 10 heteroatoms. The highest BCUT2D eigenvalue weighted by molar-refractivity contribution is 5.84. The Morgan fingerprint density at radius 1 is 1.06 bits per heavy atom. The highest BCUT2D eigenvalue weighted by atomic mass is 19.4. The van der Waals surface area contributed by atoms with E-state index in [-0.39, 0.29) is 29.2 Å². The van der Waals surface area contributed by atoms with Crippen LogP contribution in [0.3, 0.4) is 0 Å². The molecule has 3 aromatic rings. The number of nitrogens with zero attached hydrogens (tertiary/aromatic N) is 4. The molecule has 0 bridgehead atoms. The number of carbonyl (C=O) groups is 1. The smallest absolute Gasteiger partial charge is 0.360 e. The van der Waals surface area contributed by atoms with E-state index in [1.54, 1.807) is 6.07 Å². The number of ketones is 1. The molecule has 32 heavy (non-hydrogen) atoms. The monoisotopic (exact) mass is 446 g/mol. The minimum absolute atomic E-state index is 0.000486. The number of benzene rings is 1. The van der Waals surface area contributed by atoms with Gasteiger partial charge in [-0.2, -0.15) is 28.2 Å². The van der Waals surface area contributed by atoms with Crippen LogP contribution in [-0.2, 0) is 11.0 Å². The average molecular weight is 446 g/mol. The summed E-state index contributed by atoms with van der Waals surface area (Å²) in [4.78, 5) is 21.0. The van der Waals surface area contributed by atoms with Crippen molar-refractivity contribution in [2.45, 2.75) is 46.8 Å². The Bertz CT molecular complexity index is 1120. The van der Waals surface area contributed by atoms with E-state index in [0.29, 0.717) is 5.82 Å². The van der Waals surface area contributed by atoms with E-state index >= 15 is 0 Å². The molecule has 0 aliphatic carbocycles. The summed E-state index contributed by atoms with van der Waals surface area (Å²) in [5.74, 6) is 0.778. The molecule has 0 saturated heterocycles. The van der Waals surface area contributed by atoms with Crippen molar-refractivity contribution in [2.24, 2.45) is 5.92 Å². The van der Waals surface area contributed by atoms with Gasteiger partial charge in [0.2, 0.25) is 0 Å². The third-order valence-corrected chi connectivity index (χ3v) is 4.78. The van der Waals surface area contributed by atoms with E-state index in [1.165, 1.54) is 23.7 Å². The maximum Gasteiger partial charge on any atom is 0.416 e. The number of anilines is 3. The first-order valence-electron chi connectivity index (χ1n) is 10.1. The number of hydrogen-bond donors (Lipinski definition) is 2. The first kappa shape index (κ1) is 23.2. The zero-order valence-corrected chi connectivity index (χ0v) is 18.4. The lowest BCUT2D eigenvalue weighted by Gasteiger charge is -2.21. The Morgan fingerprint density at radius 2 is 1.75 bits per heavy atom. The van der Waals surface area contributed by atoms with Crippen LogP contribution in [0.5, 0.6) is 0 Å². The lowest BCUT2D eigenvalue weighted by atomic mass is 10.0. The third kappa shape index (κ3) is 5.43. The fourth-order valence-corrected chi connectivity index (χ4v) is 3.32. The van der Waals surface area contributed by atoms with Crippen molar-refractivity contribution < 1.29 is 18.0 Å². The molecule has 2 aromatic heterocycles. The van der Waals surface area contributed by atoms with Crippen LogP contribution in [-0.4, -0.2) is 31.6 Å². The molecule has 3 rings (SSSR count). The van der Waals surface area contributed by atoms with Crippen LogP contribution in [0.25, 0.3) is 5.95 Å². The molecule has 0 aliphatic heterocycles. The third-order valence-electron chi connectivity index (χ3n) is 4.78. The van der Waals surface area contributed by atoms with Gasteiger partial charge in [0.15, 0.2) is 5.78 Å². The van der Waals surface area contributed by atoms with Crippen molar-refractivity contribution >= 4 is 23.1 Å². The van der Waals surface area contributed by atoms with Crippen LogP contribution in [0.15, 0.2) is 36.4 Å². The summed E-state index contributed by atoms with van der Waals surface area (Å²) < 4.78 is 40.8. The molecule has 2 heterocycles. The van der Waals surface area contributed by atoms with E-state index in [0.717, 1.165) is 23.5 Å². The molecule has 1 aromatic carbocycles. The number of aromatic nitrogens is 4. The van der Waals surface area contributed by atoms with Gasteiger partial charge in [0.25, 0.3) is 5.95 Å². The maximum absolute atomic E-state index is 13.1. The number of halogens is 3. The van der Waals surface area contributed by atoms with Crippen LogP contribution in [0, 0.1) is 19.8 Å². The first-order chi connectivity index (χ1) is 14.9. The maximum atomic E-state index is 13.1. The van der Waals surface area contributed by atoms with Crippen LogP contribution in [0.1, 0.15) is 37.7 Å². The van der Waals surface area contributed by atoms with Crippen molar-refractivity contribution in [3.05, 3.63) is 53.3 Å². The molecule has 0 aliphatic rings.